The minimum absolute atomic E-state index is 0.0322. The Labute approximate surface area is 120 Å². The summed E-state index contributed by atoms with van der Waals surface area (Å²) in [6.07, 6.45) is 2.91. The number of hydrogen-bond donors (Lipinski definition) is 2. The molecule has 4 nitrogen and oxygen atoms in total. The van der Waals surface area contributed by atoms with Crippen molar-refractivity contribution in [2.75, 3.05) is 20.2 Å². The summed E-state index contributed by atoms with van der Waals surface area (Å²) in [5.41, 5.74) is 1.02. The van der Waals surface area contributed by atoms with Crippen molar-refractivity contribution in [2.45, 2.75) is 32.2 Å². The summed E-state index contributed by atoms with van der Waals surface area (Å²) >= 11 is 0. The van der Waals surface area contributed by atoms with Crippen LogP contribution in [-0.2, 0) is 4.79 Å². The molecule has 2 rings (SSSR count). The van der Waals surface area contributed by atoms with E-state index in [9.17, 15) is 4.79 Å². The Bertz CT molecular complexity index is 442. The Balaban J connectivity index is 1.89. The van der Waals surface area contributed by atoms with Crippen molar-refractivity contribution < 1.29 is 9.53 Å². The number of piperidine rings is 1. The zero-order chi connectivity index (χ0) is 14.4. The van der Waals surface area contributed by atoms with Gasteiger partial charge in [0.15, 0.2) is 0 Å². The van der Waals surface area contributed by atoms with Gasteiger partial charge >= 0.3 is 0 Å². The second-order valence-corrected chi connectivity index (χ2v) is 5.45. The van der Waals surface area contributed by atoms with Gasteiger partial charge in [-0.05, 0) is 44.8 Å². The number of amides is 1. The van der Waals surface area contributed by atoms with Gasteiger partial charge in [-0.25, -0.2) is 0 Å². The molecule has 1 aromatic rings. The number of methoxy groups -OCH3 is 1. The van der Waals surface area contributed by atoms with Crippen LogP contribution in [0.15, 0.2) is 24.3 Å². The summed E-state index contributed by atoms with van der Waals surface area (Å²) in [4.78, 5) is 12.1. The molecule has 0 spiro atoms. The second kappa shape index (κ2) is 7.29. The molecule has 1 aliphatic heterocycles. The number of para-hydroxylation sites is 1. The van der Waals surface area contributed by atoms with Crippen LogP contribution in [0.3, 0.4) is 0 Å². The highest BCUT2D eigenvalue weighted by molar-refractivity contribution is 5.76. The summed E-state index contributed by atoms with van der Waals surface area (Å²) in [5.74, 6) is 1.41. The second-order valence-electron chi connectivity index (χ2n) is 5.45. The van der Waals surface area contributed by atoms with Crippen LogP contribution in [0.25, 0.3) is 0 Å². The molecule has 1 aliphatic rings. The smallest absolute Gasteiger partial charge is 0.220 e. The van der Waals surface area contributed by atoms with Gasteiger partial charge in [-0.1, -0.05) is 18.2 Å². The number of nitrogens with one attached hydrogen (secondary N) is 2. The Morgan fingerprint density at radius 3 is 3.00 bits per heavy atom. The van der Waals surface area contributed by atoms with Crippen LogP contribution < -0.4 is 15.4 Å². The van der Waals surface area contributed by atoms with Crippen molar-refractivity contribution >= 4 is 5.91 Å². The van der Waals surface area contributed by atoms with Gasteiger partial charge in [0.1, 0.15) is 5.75 Å². The van der Waals surface area contributed by atoms with Gasteiger partial charge in [0.2, 0.25) is 5.91 Å². The van der Waals surface area contributed by atoms with Gasteiger partial charge in [-0.3, -0.25) is 4.79 Å². The molecule has 20 heavy (non-hydrogen) atoms. The van der Waals surface area contributed by atoms with E-state index in [-0.39, 0.29) is 11.9 Å². The summed E-state index contributed by atoms with van der Waals surface area (Å²) in [6, 6.07) is 7.78. The molecule has 1 saturated heterocycles. The van der Waals surface area contributed by atoms with Crippen molar-refractivity contribution in [3.05, 3.63) is 29.8 Å². The third kappa shape index (κ3) is 3.97. The van der Waals surface area contributed by atoms with Gasteiger partial charge in [-0.2, -0.15) is 0 Å². The van der Waals surface area contributed by atoms with Gasteiger partial charge < -0.3 is 15.4 Å². The summed E-state index contributed by atoms with van der Waals surface area (Å²) in [5, 5.41) is 6.41. The van der Waals surface area contributed by atoms with Crippen LogP contribution in [0.5, 0.6) is 5.75 Å². The van der Waals surface area contributed by atoms with E-state index in [4.69, 9.17) is 4.74 Å². The first-order chi connectivity index (χ1) is 9.70. The van der Waals surface area contributed by atoms with E-state index in [1.54, 1.807) is 7.11 Å². The number of rotatable bonds is 5. The number of benzene rings is 1. The lowest BCUT2D eigenvalue weighted by Crippen LogP contribution is -2.35. The Morgan fingerprint density at radius 2 is 2.30 bits per heavy atom. The lowest BCUT2D eigenvalue weighted by atomic mass is 9.95. The van der Waals surface area contributed by atoms with Crippen molar-refractivity contribution in [3.8, 4) is 5.75 Å². The van der Waals surface area contributed by atoms with Crippen LogP contribution in [0, 0.1) is 5.92 Å². The summed E-state index contributed by atoms with van der Waals surface area (Å²) in [6.45, 7) is 4.03. The first-order valence-electron chi connectivity index (χ1n) is 7.33. The highest BCUT2D eigenvalue weighted by Crippen LogP contribution is 2.24. The molecule has 110 valence electrons. The van der Waals surface area contributed by atoms with Crippen LogP contribution in [0.1, 0.15) is 37.8 Å². The molecule has 4 heteroatoms. The fraction of sp³-hybridized carbons (Fsp3) is 0.562. The van der Waals surface area contributed by atoms with Crippen molar-refractivity contribution in [1.82, 2.24) is 10.6 Å². The largest absolute Gasteiger partial charge is 0.496 e. The maximum absolute atomic E-state index is 12.1. The normalized spacial score (nSPS) is 20.2. The Kier molecular flexibility index (Phi) is 5.41. The molecule has 0 bridgehead atoms. The lowest BCUT2D eigenvalue weighted by molar-refractivity contribution is -0.122. The Morgan fingerprint density at radius 1 is 1.50 bits per heavy atom. The molecule has 0 aromatic heterocycles. The quantitative estimate of drug-likeness (QED) is 0.867. The van der Waals surface area contributed by atoms with Crippen molar-refractivity contribution in [3.63, 3.8) is 0 Å². The maximum Gasteiger partial charge on any atom is 0.220 e. The molecule has 1 amide bonds. The molecular formula is C16H24N2O2. The van der Waals surface area contributed by atoms with Crippen LogP contribution in [-0.4, -0.2) is 26.1 Å². The number of ether oxygens (including phenoxy) is 1. The maximum atomic E-state index is 12.1. The van der Waals surface area contributed by atoms with Gasteiger partial charge in [0, 0.05) is 12.0 Å². The first kappa shape index (κ1) is 14.9. The van der Waals surface area contributed by atoms with E-state index in [0.717, 1.165) is 30.8 Å². The summed E-state index contributed by atoms with van der Waals surface area (Å²) in [7, 11) is 1.65. The van der Waals surface area contributed by atoms with Gasteiger partial charge in [0.05, 0.1) is 13.2 Å². The molecule has 2 atom stereocenters. The fourth-order valence-electron chi connectivity index (χ4n) is 2.76. The minimum Gasteiger partial charge on any atom is -0.496 e. The third-order valence-corrected chi connectivity index (χ3v) is 3.86. The average Bonchev–Trinajstić information content (AvgIpc) is 2.48. The molecule has 2 N–H and O–H groups in total. The molecule has 1 unspecified atom stereocenters. The molecule has 1 heterocycles. The number of carbonyl (C=O) groups excluding carboxylic acids is 1. The van der Waals surface area contributed by atoms with Crippen LogP contribution >= 0.6 is 0 Å². The molecule has 1 fully saturated rings. The van der Waals surface area contributed by atoms with Crippen LogP contribution in [0.4, 0.5) is 0 Å². The van der Waals surface area contributed by atoms with Crippen molar-refractivity contribution in [2.24, 2.45) is 5.92 Å². The standard InChI is InChI=1S/C16H24N2O2/c1-12(14-7-3-4-8-15(14)20-2)18-16(19)10-13-6-5-9-17-11-13/h3-4,7-8,12-13,17H,5-6,9-11H2,1-2H3,(H,18,19)/t12-,13?/m1/s1. The van der Waals surface area contributed by atoms with E-state index >= 15 is 0 Å². The van der Waals surface area contributed by atoms with E-state index < -0.39 is 0 Å². The van der Waals surface area contributed by atoms with Crippen molar-refractivity contribution in [1.29, 1.82) is 0 Å². The molecule has 1 aromatic carbocycles. The van der Waals surface area contributed by atoms with Gasteiger partial charge in [-0.15, -0.1) is 0 Å². The fourth-order valence-corrected chi connectivity index (χ4v) is 2.76. The van der Waals surface area contributed by atoms with Gasteiger partial charge in [0.25, 0.3) is 0 Å². The molecule has 0 aliphatic carbocycles. The predicted molar refractivity (Wildman–Crippen MR) is 79.8 cm³/mol. The third-order valence-electron chi connectivity index (χ3n) is 3.86. The van der Waals surface area contributed by atoms with Crippen LogP contribution in [0.2, 0.25) is 0 Å². The zero-order valence-electron chi connectivity index (χ0n) is 12.3. The zero-order valence-corrected chi connectivity index (χ0v) is 12.3. The topological polar surface area (TPSA) is 50.4 Å². The molecule has 0 saturated carbocycles. The van der Waals surface area contributed by atoms with E-state index in [2.05, 4.69) is 10.6 Å². The Hall–Kier alpha value is -1.55. The molecule has 0 radical (unpaired) electrons. The van der Waals surface area contributed by atoms with E-state index in [0.29, 0.717) is 12.3 Å². The number of hydrogen-bond acceptors (Lipinski definition) is 3. The first-order valence-corrected chi connectivity index (χ1v) is 7.33. The monoisotopic (exact) mass is 276 g/mol. The highest BCUT2D eigenvalue weighted by Gasteiger charge is 2.19. The minimum atomic E-state index is -0.0322. The van der Waals surface area contributed by atoms with E-state index in [1.807, 2.05) is 31.2 Å². The average molecular weight is 276 g/mol. The lowest BCUT2D eigenvalue weighted by Gasteiger charge is -2.23. The molecular weight excluding hydrogens is 252 g/mol. The predicted octanol–water partition coefficient (Wildman–Crippen LogP) is 2.26. The SMILES string of the molecule is COc1ccccc1[C@@H](C)NC(=O)CC1CCCNC1. The summed E-state index contributed by atoms with van der Waals surface area (Å²) < 4.78 is 5.34. The van der Waals surface area contributed by atoms with E-state index in [1.165, 1.54) is 6.42 Å². The number of carbonyl (C=O) groups is 1. The highest BCUT2D eigenvalue weighted by atomic mass is 16.5.